The lowest BCUT2D eigenvalue weighted by atomic mass is 9.85. The number of ether oxygens (including phenoxy) is 2. The highest BCUT2D eigenvalue weighted by Gasteiger charge is 2.37. The minimum atomic E-state index is -0.721. The van der Waals surface area contributed by atoms with Gasteiger partial charge in [0.1, 0.15) is 5.56 Å². The molecule has 10 heteroatoms. The van der Waals surface area contributed by atoms with E-state index in [0.29, 0.717) is 29.1 Å². The molecule has 0 unspecified atom stereocenters. The van der Waals surface area contributed by atoms with Gasteiger partial charge in [-0.1, -0.05) is 26.5 Å². The molecule has 10 nitrogen and oxygen atoms in total. The first-order valence-corrected chi connectivity index (χ1v) is 15.0. The van der Waals surface area contributed by atoms with Gasteiger partial charge in [-0.2, -0.15) is 0 Å². The summed E-state index contributed by atoms with van der Waals surface area (Å²) in [5, 5.41) is 0. The number of fused-ring (bicyclic) bond motifs is 8. The Hall–Kier alpha value is -4.99. The lowest BCUT2D eigenvalue weighted by Crippen LogP contribution is -2.18. The second-order valence-electron chi connectivity index (χ2n) is 11.5. The van der Waals surface area contributed by atoms with Crippen molar-refractivity contribution in [1.29, 1.82) is 0 Å². The van der Waals surface area contributed by atoms with E-state index in [4.69, 9.17) is 25.2 Å². The third-order valence-electron chi connectivity index (χ3n) is 9.15. The van der Waals surface area contributed by atoms with Gasteiger partial charge in [-0.05, 0) is 74.1 Å². The average Bonchev–Trinajstić information content (AvgIpc) is 3.69. The Morgan fingerprint density at radius 3 is 2.29 bits per heavy atom. The number of aromatic nitrogens is 4. The molecule has 0 fully saturated rings. The predicted molar refractivity (Wildman–Crippen MR) is 175 cm³/mol. The summed E-state index contributed by atoms with van der Waals surface area (Å²) in [6.45, 7) is 14.0. The summed E-state index contributed by atoms with van der Waals surface area (Å²) < 4.78 is 10.2. The molecule has 0 radical (unpaired) electrons. The lowest BCUT2D eigenvalue weighted by molar-refractivity contribution is -0.140. The van der Waals surface area contributed by atoms with Crippen molar-refractivity contribution in [1.82, 2.24) is 19.9 Å². The normalized spacial score (nSPS) is 16.1. The van der Waals surface area contributed by atoms with Crippen LogP contribution in [-0.4, -0.2) is 52.0 Å². The van der Waals surface area contributed by atoms with E-state index < -0.39 is 11.9 Å². The maximum Gasteiger partial charge on any atom is 0.341 e. The van der Waals surface area contributed by atoms with Gasteiger partial charge < -0.3 is 25.2 Å². The highest BCUT2D eigenvalue weighted by molar-refractivity contribution is 6.28. The first kappa shape index (κ1) is 31.4. The lowest BCUT2D eigenvalue weighted by Gasteiger charge is -2.17. The molecule has 0 aliphatic carbocycles. The molecule has 3 aromatic heterocycles. The number of nitrogens with two attached hydrogens (primary N) is 1. The zero-order valence-electron chi connectivity index (χ0n) is 26.8. The number of carbonyl (C=O) groups is 3. The maximum atomic E-state index is 13.6. The molecule has 0 spiro atoms. The summed E-state index contributed by atoms with van der Waals surface area (Å²) in [6, 6.07) is 5.92. The monoisotopic (exact) mass is 609 g/mol. The van der Waals surface area contributed by atoms with E-state index in [1.165, 1.54) is 14.2 Å². The topological polar surface area (TPSA) is 153 Å². The Kier molecular flexibility index (Phi) is 8.51. The van der Waals surface area contributed by atoms with Gasteiger partial charge in [0.25, 0.3) is 5.91 Å². The molecule has 234 valence electrons. The Labute approximate surface area is 261 Å². The predicted octanol–water partition coefficient (Wildman–Crippen LogP) is 6.18. The third kappa shape index (κ3) is 5.34. The first-order valence-electron chi connectivity index (χ1n) is 15.0. The highest BCUT2D eigenvalue weighted by atomic mass is 16.5. The van der Waals surface area contributed by atoms with Gasteiger partial charge in [0.2, 0.25) is 0 Å². The van der Waals surface area contributed by atoms with E-state index >= 15 is 0 Å². The van der Waals surface area contributed by atoms with Crippen molar-refractivity contribution in [3.63, 3.8) is 0 Å². The number of nitrogens with zero attached hydrogens (tertiary/aromatic N) is 2. The molecule has 1 amide bonds. The van der Waals surface area contributed by atoms with Crippen LogP contribution in [0.25, 0.3) is 39.3 Å². The molecular weight excluding hydrogens is 570 g/mol. The standard InChI is InChI=1S/C35H39N5O5/c1-9-20-16(3)23-13-25-18(5)22(11-12-29(41)44-7)32(39-25)31(35(43)45-8)33-30(34(36)42)19(6)26(40-33)15-28-21(10-2)17(4)24(38-28)14-27(20)37-23/h9,13-15,18,22,37-38H,1,10-12H2,2-8H3,(H2,36,42)/t18-,22-/m0/s1. The fourth-order valence-electron chi connectivity index (χ4n) is 6.55. The van der Waals surface area contributed by atoms with Crippen molar-refractivity contribution in [2.75, 3.05) is 14.2 Å². The zero-order valence-corrected chi connectivity index (χ0v) is 26.8. The number of amides is 1. The van der Waals surface area contributed by atoms with Crippen LogP contribution in [-0.2, 0) is 25.5 Å². The maximum absolute atomic E-state index is 13.6. The molecule has 0 aromatic carbocycles. The molecule has 5 heterocycles. The fraction of sp³-hybridized carbons (Fsp3) is 0.343. The van der Waals surface area contributed by atoms with Crippen molar-refractivity contribution in [3.05, 3.63) is 75.4 Å². The van der Waals surface area contributed by atoms with Gasteiger partial charge in [0.15, 0.2) is 0 Å². The van der Waals surface area contributed by atoms with Crippen LogP contribution in [0.4, 0.5) is 0 Å². The van der Waals surface area contributed by atoms with Crippen molar-refractivity contribution in [3.8, 4) is 0 Å². The first-order chi connectivity index (χ1) is 21.4. The number of aryl methyl sites for hydroxylation is 3. The molecule has 3 aromatic rings. The summed E-state index contributed by atoms with van der Waals surface area (Å²) in [7, 11) is 2.61. The smallest absolute Gasteiger partial charge is 0.341 e. The van der Waals surface area contributed by atoms with Gasteiger partial charge in [-0.15, -0.1) is 0 Å². The molecular formula is C35H39N5O5. The SMILES string of the molecule is C=Cc1c(C)c2cc3nc(c(C(=O)OC)c4nc(cc5[nH]c(cc1[nH]2)c(C)c5CC)C(C)=C4C(N)=O)[C@@H](CCC(=O)OC)[C@@H]3C. The van der Waals surface area contributed by atoms with Gasteiger partial charge in [-0.25, -0.2) is 9.78 Å². The van der Waals surface area contributed by atoms with E-state index in [1.54, 1.807) is 6.92 Å². The number of primary amides is 1. The minimum Gasteiger partial charge on any atom is -0.469 e. The number of hydrogen-bond acceptors (Lipinski definition) is 7. The summed E-state index contributed by atoms with van der Waals surface area (Å²) >= 11 is 0. The second-order valence-corrected chi connectivity index (χ2v) is 11.5. The van der Waals surface area contributed by atoms with Crippen LogP contribution in [0.3, 0.4) is 0 Å². The van der Waals surface area contributed by atoms with Crippen molar-refractivity contribution >= 4 is 57.1 Å². The molecule has 0 saturated carbocycles. The van der Waals surface area contributed by atoms with Crippen molar-refractivity contribution in [2.24, 2.45) is 5.73 Å². The Balaban J connectivity index is 2.03. The molecule has 2 aliphatic heterocycles. The number of H-pyrrole nitrogens is 2. The molecule has 5 rings (SSSR count). The molecule has 45 heavy (non-hydrogen) atoms. The van der Waals surface area contributed by atoms with E-state index in [1.807, 2.05) is 32.1 Å². The quantitative estimate of drug-likeness (QED) is 0.270. The highest BCUT2D eigenvalue weighted by Crippen LogP contribution is 2.43. The van der Waals surface area contributed by atoms with Crippen molar-refractivity contribution in [2.45, 2.75) is 65.7 Å². The van der Waals surface area contributed by atoms with E-state index in [9.17, 15) is 14.4 Å². The molecule has 8 bridgehead atoms. The van der Waals surface area contributed by atoms with Gasteiger partial charge in [-0.3, -0.25) is 14.6 Å². The van der Waals surface area contributed by atoms with Crippen LogP contribution in [0.1, 0.15) is 101 Å². The van der Waals surface area contributed by atoms with Crippen LogP contribution >= 0.6 is 0 Å². The van der Waals surface area contributed by atoms with Gasteiger partial charge in [0, 0.05) is 51.6 Å². The number of nitrogens with one attached hydrogen (secondary N) is 2. The third-order valence-corrected chi connectivity index (χ3v) is 9.15. The Morgan fingerprint density at radius 1 is 0.978 bits per heavy atom. The van der Waals surface area contributed by atoms with Crippen LogP contribution in [0.2, 0.25) is 0 Å². The van der Waals surface area contributed by atoms with Crippen LogP contribution in [0, 0.1) is 13.8 Å². The molecule has 0 saturated heterocycles. The van der Waals surface area contributed by atoms with E-state index in [0.717, 1.165) is 50.7 Å². The largest absolute Gasteiger partial charge is 0.469 e. The number of allylic oxidation sites excluding steroid dienone is 1. The van der Waals surface area contributed by atoms with Crippen LogP contribution in [0.15, 0.2) is 24.8 Å². The Bertz CT molecular complexity index is 1960. The van der Waals surface area contributed by atoms with Gasteiger partial charge in [0.05, 0.1) is 36.9 Å². The van der Waals surface area contributed by atoms with E-state index in [-0.39, 0.29) is 41.1 Å². The molecule has 4 N–H and O–H groups in total. The number of aromatic amines is 2. The summed E-state index contributed by atoms with van der Waals surface area (Å²) in [5.74, 6) is -2.39. The summed E-state index contributed by atoms with van der Waals surface area (Å²) in [4.78, 5) is 55.8. The van der Waals surface area contributed by atoms with Gasteiger partial charge >= 0.3 is 11.9 Å². The summed E-state index contributed by atoms with van der Waals surface area (Å²) in [6.07, 6.45) is 3.04. The Morgan fingerprint density at radius 2 is 1.67 bits per heavy atom. The minimum absolute atomic E-state index is 0.0503. The number of methoxy groups -OCH3 is 2. The molecule has 2 aliphatic rings. The molecule has 2 atom stereocenters. The number of esters is 2. The van der Waals surface area contributed by atoms with Crippen LogP contribution < -0.4 is 5.73 Å². The number of hydrogen-bond donors (Lipinski definition) is 3. The van der Waals surface area contributed by atoms with E-state index in [2.05, 4.69) is 36.5 Å². The zero-order chi connectivity index (χ0) is 32.7. The fourth-order valence-corrected chi connectivity index (χ4v) is 6.55. The number of rotatable bonds is 7. The average molecular weight is 610 g/mol. The summed E-state index contributed by atoms with van der Waals surface area (Å²) in [5.41, 5.74) is 16.0. The number of carbonyl (C=O) groups excluding carboxylic acids is 3. The second kappa shape index (κ2) is 12.2. The van der Waals surface area contributed by atoms with Crippen LogP contribution in [0.5, 0.6) is 0 Å². The van der Waals surface area contributed by atoms with Crippen molar-refractivity contribution < 1.29 is 23.9 Å².